The van der Waals surface area contributed by atoms with Crippen LogP contribution in [0, 0.1) is 0 Å². The second kappa shape index (κ2) is 5.73. The Bertz CT molecular complexity index is 528. The molecule has 1 unspecified atom stereocenters. The average molecular weight is 261 g/mol. The van der Waals surface area contributed by atoms with Crippen molar-refractivity contribution in [3.8, 4) is 0 Å². The van der Waals surface area contributed by atoms with Crippen LogP contribution in [0.15, 0.2) is 28.7 Å². The van der Waals surface area contributed by atoms with Crippen LogP contribution in [0.25, 0.3) is 11.1 Å². The van der Waals surface area contributed by atoms with Gasteiger partial charge in [-0.2, -0.15) is 4.98 Å². The highest BCUT2D eigenvalue weighted by Gasteiger charge is 2.19. The van der Waals surface area contributed by atoms with Gasteiger partial charge < -0.3 is 14.6 Å². The zero-order valence-corrected chi connectivity index (χ0v) is 11.5. The third-order valence-corrected chi connectivity index (χ3v) is 3.08. The van der Waals surface area contributed by atoms with Crippen LogP contribution in [0.3, 0.4) is 0 Å². The molecule has 1 N–H and O–H groups in total. The van der Waals surface area contributed by atoms with Crippen LogP contribution < -0.4 is 5.32 Å². The molecule has 0 bridgehead atoms. The second-order valence-electron chi connectivity index (χ2n) is 4.36. The third kappa shape index (κ3) is 2.86. The van der Waals surface area contributed by atoms with Crippen molar-refractivity contribution in [3.63, 3.8) is 0 Å². The van der Waals surface area contributed by atoms with Crippen molar-refractivity contribution in [1.29, 1.82) is 0 Å². The van der Waals surface area contributed by atoms with E-state index in [2.05, 4.69) is 10.3 Å². The molecule has 5 heteroatoms. The molecule has 0 aliphatic carbocycles. The molecular weight excluding hydrogens is 242 g/mol. The Morgan fingerprint density at radius 2 is 2.05 bits per heavy atom. The van der Waals surface area contributed by atoms with Crippen LogP contribution in [-0.2, 0) is 4.79 Å². The highest BCUT2D eigenvalue weighted by atomic mass is 16.4. The number of carbonyl (C=O) groups is 1. The number of carbonyl (C=O) groups excluding carboxylic acids is 1. The van der Waals surface area contributed by atoms with Crippen LogP contribution in [0.1, 0.15) is 20.8 Å². The predicted octanol–water partition coefficient (Wildman–Crippen LogP) is 2.50. The predicted molar refractivity (Wildman–Crippen MR) is 75.0 cm³/mol. The molecule has 102 valence electrons. The van der Waals surface area contributed by atoms with Gasteiger partial charge in [0.15, 0.2) is 5.58 Å². The molecule has 19 heavy (non-hydrogen) atoms. The number of hydrogen-bond acceptors (Lipinski definition) is 4. The number of aromatic nitrogens is 1. The summed E-state index contributed by atoms with van der Waals surface area (Å²) in [4.78, 5) is 18.2. The molecule has 5 nitrogen and oxygen atoms in total. The molecule has 1 aromatic carbocycles. The Balaban J connectivity index is 2.09. The van der Waals surface area contributed by atoms with Gasteiger partial charge in [-0.25, -0.2) is 0 Å². The van der Waals surface area contributed by atoms with Crippen molar-refractivity contribution in [3.05, 3.63) is 24.3 Å². The maximum Gasteiger partial charge on any atom is 0.296 e. The van der Waals surface area contributed by atoms with E-state index in [4.69, 9.17) is 4.42 Å². The monoisotopic (exact) mass is 261 g/mol. The highest BCUT2D eigenvalue weighted by molar-refractivity contribution is 5.84. The van der Waals surface area contributed by atoms with E-state index < -0.39 is 0 Å². The Morgan fingerprint density at radius 1 is 1.37 bits per heavy atom. The summed E-state index contributed by atoms with van der Waals surface area (Å²) in [6.45, 7) is 7.15. The third-order valence-electron chi connectivity index (χ3n) is 3.08. The van der Waals surface area contributed by atoms with Gasteiger partial charge in [0, 0.05) is 13.1 Å². The average Bonchev–Trinajstić information content (AvgIpc) is 2.82. The molecule has 2 rings (SSSR count). The molecule has 2 aromatic rings. The van der Waals surface area contributed by atoms with E-state index >= 15 is 0 Å². The van der Waals surface area contributed by atoms with Crippen LogP contribution in [0.4, 0.5) is 6.01 Å². The number of benzene rings is 1. The fraction of sp³-hybridized carbons (Fsp3) is 0.429. The van der Waals surface area contributed by atoms with Crippen molar-refractivity contribution >= 4 is 23.0 Å². The number of nitrogens with zero attached hydrogens (tertiary/aromatic N) is 2. The number of likely N-dealkylation sites (N-methyl/N-ethyl adjacent to an activating group) is 1. The summed E-state index contributed by atoms with van der Waals surface area (Å²) in [5.74, 6) is 0.0484. The van der Waals surface area contributed by atoms with E-state index in [0.29, 0.717) is 24.7 Å². The summed E-state index contributed by atoms with van der Waals surface area (Å²) in [7, 11) is 0. The van der Waals surface area contributed by atoms with Crippen LogP contribution >= 0.6 is 0 Å². The minimum absolute atomic E-state index is 0.0484. The molecule has 1 amide bonds. The topological polar surface area (TPSA) is 58.4 Å². The minimum Gasteiger partial charge on any atom is -0.424 e. The van der Waals surface area contributed by atoms with Gasteiger partial charge in [-0.15, -0.1) is 0 Å². The number of amides is 1. The Labute approximate surface area is 112 Å². The van der Waals surface area contributed by atoms with Crippen LogP contribution in [0.2, 0.25) is 0 Å². The van der Waals surface area contributed by atoms with Crippen molar-refractivity contribution in [2.24, 2.45) is 0 Å². The van der Waals surface area contributed by atoms with Gasteiger partial charge in [0.1, 0.15) is 11.6 Å². The molecule has 0 radical (unpaired) electrons. The largest absolute Gasteiger partial charge is 0.424 e. The van der Waals surface area contributed by atoms with Gasteiger partial charge in [0.05, 0.1) is 0 Å². The first kappa shape index (κ1) is 13.4. The summed E-state index contributed by atoms with van der Waals surface area (Å²) in [6.07, 6.45) is 0. The molecular formula is C14H19N3O2. The molecule has 1 heterocycles. The van der Waals surface area contributed by atoms with E-state index in [1.807, 2.05) is 45.0 Å². The van der Waals surface area contributed by atoms with Gasteiger partial charge in [-0.05, 0) is 32.9 Å². The van der Waals surface area contributed by atoms with Crippen LogP contribution in [0.5, 0.6) is 0 Å². The fourth-order valence-corrected chi connectivity index (χ4v) is 1.99. The Morgan fingerprint density at radius 3 is 2.68 bits per heavy atom. The number of rotatable bonds is 5. The molecule has 1 atom stereocenters. The normalized spacial score (nSPS) is 12.4. The van der Waals surface area contributed by atoms with Gasteiger partial charge in [0.25, 0.3) is 6.01 Å². The Hall–Kier alpha value is -2.04. The summed E-state index contributed by atoms with van der Waals surface area (Å²) in [5.41, 5.74) is 1.50. The molecule has 0 saturated carbocycles. The SMILES string of the molecule is CCN(CC)C(=O)C(C)Nc1nc2ccccc2o1. The standard InChI is InChI=1S/C14H19N3O2/c1-4-17(5-2)13(18)10(3)15-14-16-11-8-6-7-9-12(11)19-14/h6-10H,4-5H2,1-3H3,(H,15,16). The first-order chi connectivity index (χ1) is 9.15. The molecule has 0 aliphatic heterocycles. The zero-order valence-electron chi connectivity index (χ0n) is 11.5. The lowest BCUT2D eigenvalue weighted by atomic mass is 10.3. The quantitative estimate of drug-likeness (QED) is 0.898. The lowest BCUT2D eigenvalue weighted by Gasteiger charge is -2.22. The minimum atomic E-state index is -0.354. The van der Waals surface area contributed by atoms with Crippen molar-refractivity contribution in [2.75, 3.05) is 18.4 Å². The molecule has 0 spiro atoms. The maximum atomic E-state index is 12.1. The number of nitrogens with one attached hydrogen (secondary N) is 1. The second-order valence-corrected chi connectivity index (χ2v) is 4.36. The van der Waals surface area contributed by atoms with Gasteiger partial charge in [0.2, 0.25) is 5.91 Å². The first-order valence-corrected chi connectivity index (χ1v) is 6.56. The number of fused-ring (bicyclic) bond motifs is 1. The number of hydrogen-bond donors (Lipinski definition) is 1. The van der Waals surface area contributed by atoms with E-state index in [1.54, 1.807) is 4.90 Å². The smallest absolute Gasteiger partial charge is 0.296 e. The lowest BCUT2D eigenvalue weighted by Crippen LogP contribution is -2.41. The highest BCUT2D eigenvalue weighted by Crippen LogP contribution is 2.18. The maximum absolute atomic E-state index is 12.1. The summed E-state index contributed by atoms with van der Waals surface area (Å²) >= 11 is 0. The molecule has 0 fully saturated rings. The lowest BCUT2D eigenvalue weighted by molar-refractivity contribution is -0.131. The van der Waals surface area contributed by atoms with Crippen molar-refractivity contribution in [2.45, 2.75) is 26.8 Å². The number of anilines is 1. The van der Waals surface area contributed by atoms with E-state index in [0.717, 1.165) is 5.52 Å². The van der Waals surface area contributed by atoms with E-state index in [1.165, 1.54) is 0 Å². The first-order valence-electron chi connectivity index (χ1n) is 6.56. The van der Waals surface area contributed by atoms with Crippen molar-refractivity contribution < 1.29 is 9.21 Å². The summed E-state index contributed by atoms with van der Waals surface area (Å²) < 4.78 is 5.54. The summed E-state index contributed by atoms with van der Waals surface area (Å²) in [6, 6.07) is 7.55. The molecule has 0 saturated heterocycles. The van der Waals surface area contributed by atoms with Gasteiger partial charge in [-0.3, -0.25) is 4.79 Å². The van der Waals surface area contributed by atoms with Gasteiger partial charge >= 0.3 is 0 Å². The number of para-hydroxylation sites is 2. The molecule has 1 aromatic heterocycles. The van der Waals surface area contributed by atoms with Gasteiger partial charge in [-0.1, -0.05) is 12.1 Å². The summed E-state index contributed by atoms with van der Waals surface area (Å²) in [5, 5.41) is 3.01. The molecule has 0 aliphatic rings. The van der Waals surface area contributed by atoms with Crippen LogP contribution in [-0.4, -0.2) is 34.9 Å². The van der Waals surface area contributed by atoms with E-state index in [9.17, 15) is 4.79 Å². The zero-order chi connectivity index (χ0) is 13.8. The van der Waals surface area contributed by atoms with E-state index in [-0.39, 0.29) is 11.9 Å². The Kier molecular flexibility index (Phi) is 4.04. The van der Waals surface area contributed by atoms with Crippen molar-refractivity contribution in [1.82, 2.24) is 9.88 Å². The number of oxazole rings is 1. The fourth-order valence-electron chi connectivity index (χ4n) is 1.99.